The van der Waals surface area contributed by atoms with E-state index in [1.165, 1.54) is 116 Å². The zero-order valence-electron chi connectivity index (χ0n) is 53.6. The number of hydrogen-bond acceptors (Lipinski definition) is 15. The largest absolute Gasteiger partial charge is 0.472 e. The van der Waals surface area contributed by atoms with Crippen LogP contribution >= 0.6 is 15.6 Å². The molecule has 0 radical (unpaired) electrons. The van der Waals surface area contributed by atoms with Crippen molar-refractivity contribution in [3.63, 3.8) is 0 Å². The van der Waals surface area contributed by atoms with Crippen molar-refractivity contribution in [2.45, 2.75) is 330 Å². The summed E-state index contributed by atoms with van der Waals surface area (Å²) in [5.74, 6) is 0.0111. The highest BCUT2D eigenvalue weighted by molar-refractivity contribution is 7.47. The summed E-state index contributed by atoms with van der Waals surface area (Å²) in [5, 5.41) is 10.5. The molecule has 0 saturated heterocycles. The summed E-state index contributed by atoms with van der Waals surface area (Å²) in [4.78, 5) is 72.1. The Morgan fingerprint density at radius 3 is 0.916 bits per heavy atom. The van der Waals surface area contributed by atoms with Crippen molar-refractivity contribution in [1.29, 1.82) is 0 Å². The topological polar surface area (TPSA) is 237 Å². The SMILES string of the molecule is CCCCCCCCCCCCCC(=O)OC[C@H](COP(=O)(O)OC[C@@H](O)COP(=O)(O)OC[C@@H](COC(=O)CCCCCCCCC(C)C)OC(=O)CCCCCCCCC(C)C)OC(=O)CCCCCCCCCCCCC(C)CC. The summed E-state index contributed by atoms with van der Waals surface area (Å²) in [5.41, 5.74) is 0. The lowest BCUT2D eigenvalue weighted by Gasteiger charge is -2.21. The summed E-state index contributed by atoms with van der Waals surface area (Å²) in [6, 6.07) is 0. The summed E-state index contributed by atoms with van der Waals surface area (Å²) in [6.07, 6.45) is 36.4. The Labute approximate surface area is 505 Å². The van der Waals surface area contributed by atoms with E-state index in [1.807, 2.05) is 0 Å². The molecule has 0 heterocycles. The fourth-order valence-corrected chi connectivity index (χ4v) is 11.0. The molecule has 0 aliphatic rings. The number of phosphoric ester groups is 2. The van der Waals surface area contributed by atoms with E-state index in [0.29, 0.717) is 37.5 Å². The lowest BCUT2D eigenvalue weighted by molar-refractivity contribution is -0.161. The molecule has 0 aromatic carbocycles. The van der Waals surface area contributed by atoms with E-state index in [2.05, 4.69) is 48.5 Å². The fourth-order valence-electron chi connectivity index (χ4n) is 9.45. The standard InChI is InChI=1S/C64H124O17P2/c1-8-10-11-12-13-14-15-19-22-31-38-45-61(66)74-51-59(80-63(68)47-40-33-23-20-17-16-18-21-30-37-44-57(7)9-2)53-78-82(70,71)76-49-58(65)50-77-83(72,73)79-54-60(81-64(69)48-41-34-27-25-29-36-43-56(5)6)52-75-62(67)46-39-32-26-24-28-35-42-55(3)4/h55-60,65H,8-54H2,1-7H3,(H,70,71)(H,72,73)/t57?,58-,59-,60-/m1/s1. The van der Waals surface area contributed by atoms with Crippen molar-refractivity contribution in [3.8, 4) is 0 Å². The summed E-state index contributed by atoms with van der Waals surface area (Å²) in [7, 11) is -9.89. The maximum absolute atomic E-state index is 13.0. The summed E-state index contributed by atoms with van der Waals surface area (Å²) < 4.78 is 67.9. The maximum atomic E-state index is 13.0. The molecule has 0 aliphatic heterocycles. The van der Waals surface area contributed by atoms with Gasteiger partial charge < -0.3 is 33.8 Å². The smallest absolute Gasteiger partial charge is 0.462 e. The molecule has 3 unspecified atom stereocenters. The number of phosphoric acid groups is 2. The van der Waals surface area contributed by atoms with E-state index in [1.54, 1.807) is 0 Å². The van der Waals surface area contributed by atoms with Gasteiger partial charge in [0.15, 0.2) is 12.2 Å². The van der Waals surface area contributed by atoms with Gasteiger partial charge in [-0.25, -0.2) is 9.13 Å². The fraction of sp³-hybridized carbons (Fsp3) is 0.938. The first-order valence-electron chi connectivity index (χ1n) is 33.4. The zero-order valence-corrected chi connectivity index (χ0v) is 55.4. The Bertz CT molecular complexity index is 1650. The number of ether oxygens (including phenoxy) is 4. The van der Waals surface area contributed by atoms with Crippen LogP contribution in [0.4, 0.5) is 0 Å². The lowest BCUT2D eigenvalue weighted by Crippen LogP contribution is -2.30. The quantitative estimate of drug-likeness (QED) is 0.0222. The molecule has 0 rings (SSSR count). The van der Waals surface area contributed by atoms with Gasteiger partial charge in [0.05, 0.1) is 26.4 Å². The van der Waals surface area contributed by atoms with Crippen molar-refractivity contribution in [1.82, 2.24) is 0 Å². The third kappa shape index (κ3) is 57.6. The maximum Gasteiger partial charge on any atom is 0.472 e. The third-order valence-corrected chi connectivity index (χ3v) is 16.9. The summed E-state index contributed by atoms with van der Waals surface area (Å²) >= 11 is 0. The van der Waals surface area contributed by atoms with Gasteiger partial charge in [-0.1, -0.05) is 260 Å². The number of carbonyl (C=O) groups is 4. The minimum atomic E-state index is -4.94. The molecular weight excluding hydrogens is 1100 g/mol. The molecule has 0 fully saturated rings. The van der Waals surface area contributed by atoms with E-state index in [9.17, 15) is 43.2 Å². The second-order valence-electron chi connectivity index (χ2n) is 24.3. The van der Waals surface area contributed by atoms with Gasteiger partial charge >= 0.3 is 39.5 Å². The number of carbonyl (C=O) groups excluding carboxylic acids is 4. The van der Waals surface area contributed by atoms with E-state index in [4.69, 9.17) is 37.0 Å². The van der Waals surface area contributed by atoms with Crippen LogP contribution in [0.15, 0.2) is 0 Å². The average Bonchev–Trinajstić information content (AvgIpc) is 3.46. The molecule has 0 bridgehead atoms. The average molecular weight is 1230 g/mol. The Kier molecular flexibility index (Phi) is 54.1. The first-order chi connectivity index (χ1) is 39.8. The minimum absolute atomic E-state index is 0.101. The molecule has 0 spiro atoms. The predicted octanol–water partition coefficient (Wildman–Crippen LogP) is 17.5. The van der Waals surface area contributed by atoms with Gasteiger partial charge in [-0.05, 0) is 43.4 Å². The Morgan fingerprint density at radius 1 is 0.349 bits per heavy atom. The van der Waals surface area contributed by atoms with E-state index >= 15 is 0 Å². The van der Waals surface area contributed by atoms with Crippen LogP contribution in [0, 0.1) is 17.8 Å². The highest BCUT2D eigenvalue weighted by atomic mass is 31.2. The van der Waals surface area contributed by atoms with Crippen LogP contribution in [-0.2, 0) is 65.4 Å². The Morgan fingerprint density at radius 2 is 0.614 bits per heavy atom. The zero-order chi connectivity index (χ0) is 61.7. The van der Waals surface area contributed by atoms with Crippen molar-refractivity contribution in [2.24, 2.45) is 17.8 Å². The molecule has 17 nitrogen and oxygen atoms in total. The van der Waals surface area contributed by atoms with Crippen LogP contribution in [0.25, 0.3) is 0 Å². The number of aliphatic hydroxyl groups excluding tert-OH is 1. The van der Waals surface area contributed by atoms with Crippen LogP contribution in [0.3, 0.4) is 0 Å². The van der Waals surface area contributed by atoms with Crippen LogP contribution < -0.4 is 0 Å². The van der Waals surface area contributed by atoms with Gasteiger partial charge in [0.2, 0.25) is 0 Å². The van der Waals surface area contributed by atoms with Gasteiger partial charge in [0.1, 0.15) is 19.3 Å². The van der Waals surface area contributed by atoms with Crippen molar-refractivity contribution < 1.29 is 80.2 Å². The van der Waals surface area contributed by atoms with Gasteiger partial charge in [-0.2, -0.15) is 0 Å². The Balaban J connectivity index is 5.24. The number of aliphatic hydroxyl groups is 1. The number of esters is 4. The van der Waals surface area contributed by atoms with Gasteiger partial charge in [-0.15, -0.1) is 0 Å². The minimum Gasteiger partial charge on any atom is -0.462 e. The predicted molar refractivity (Wildman–Crippen MR) is 331 cm³/mol. The highest BCUT2D eigenvalue weighted by Gasteiger charge is 2.30. The van der Waals surface area contributed by atoms with Crippen LogP contribution in [0.1, 0.15) is 312 Å². The van der Waals surface area contributed by atoms with Crippen molar-refractivity contribution in [3.05, 3.63) is 0 Å². The molecule has 0 aliphatic carbocycles. The van der Waals surface area contributed by atoms with Gasteiger partial charge in [-0.3, -0.25) is 37.3 Å². The number of rotatable bonds is 62. The van der Waals surface area contributed by atoms with E-state index in [0.717, 1.165) is 102 Å². The second-order valence-corrected chi connectivity index (χ2v) is 27.3. The summed E-state index contributed by atoms with van der Waals surface area (Å²) in [6.45, 7) is 11.6. The molecule has 0 aromatic heterocycles. The Hall–Kier alpha value is -1.94. The molecule has 0 amide bonds. The first-order valence-corrected chi connectivity index (χ1v) is 36.4. The van der Waals surface area contributed by atoms with Gasteiger partial charge in [0.25, 0.3) is 0 Å². The van der Waals surface area contributed by atoms with E-state index < -0.39 is 97.5 Å². The number of unbranched alkanes of at least 4 members (excludes halogenated alkanes) is 29. The molecular formula is C64H124O17P2. The first kappa shape index (κ1) is 81.1. The molecule has 0 aromatic rings. The van der Waals surface area contributed by atoms with Crippen LogP contribution in [0.5, 0.6) is 0 Å². The van der Waals surface area contributed by atoms with Crippen LogP contribution in [0.2, 0.25) is 0 Å². The van der Waals surface area contributed by atoms with Crippen molar-refractivity contribution >= 4 is 39.5 Å². The molecule has 492 valence electrons. The molecule has 6 atom stereocenters. The number of hydrogen-bond donors (Lipinski definition) is 3. The highest BCUT2D eigenvalue weighted by Crippen LogP contribution is 2.45. The molecule has 19 heteroatoms. The molecule has 0 saturated carbocycles. The van der Waals surface area contributed by atoms with Crippen LogP contribution in [-0.4, -0.2) is 96.7 Å². The second kappa shape index (κ2) is 55.4. The lowest BCUT2D eigenvalue weighted by atomic mass is 9.99. The van der Waals surface area contributed by atoms with E-state index in [-0.39, 0.29) is 25.7 Å². The normalized spacial score (nSPS) is 14.7. The monoisotopic (exact) mass is 1230 g/mol. The third-order valence-electron chi connectivity index (χ3n) is 15.0. The van der Waals surface area contributed by atoms with Crippen molar-refractivity contribution in [2.75, 3.05) is 39.6 Å². The molecule has 3 N–H and O–H groups in total. The van der Waals surface area contributed by atoms with Gasteiger partial charge in [0, 0.05) is 25.7 Å². The molecule has 83 heavy (non-hydrogen) atoms.